The fourth-order valence-electron chi connectivity index (χ4n) is 3.01. The predicted octanol–water partition coefficient (Wildman–Crippen LogP) is 4.61. The van der Waals surface area contributed by atoms with Gasteiger partial charge in [0.2, 0.25) is 12.3 Å². The van der Waals surface area contributed by atoms with E-state index in [9.17, 15) is 17.6 Å². The Bertz CT molecular complexity index is 1410. The third kappa shape index (κ3) is 4.71. The Kier molecular flexibility index (Phi) is 6.12. The van der Waals surface area contributed by atoms with E-state index in [4.69, 9.17) is 16.0 Å². The van der Waals surface area contributed by atoms with Crippen LogP contribution in [0.5, 0.6) is 0 Å². The zero-order valence-electron chi connectivity index (χ0n) is 17.1. The first-order valence-corrected chi connectivity index (χ1v) is 11.3. The number of hydrogen-bond donors (Lipinski definition) is 1. The number of nitrogens with zero attached hydrogens (tertiary/aromatic N) is 3. The highest BCUT2D eigenvalue weighted by Crippen LogP contribution is 2.27. The van der Waals surface area contributed by atoms with E-state index in [0.29, 0.717) is 11.3 Å². The van der Waals surface area contributed by atoms with Gasteiger partial charge in [0, 0.05) is 18.3 Å². The van der Waals surface area contributed by atoms with Crippen LogP contribution < -0.4 is 9.62 Å². The Morgan fingerprint density at radius 2 is 1.85 bits per heavy atom. The normalized spacial score (nSPS) is 11.2. The van der Waals surface area contributed by atoms with Gasteiger partial charge in [0.15, 0.2) is 0 Å². The van der Waals surface area contributed by atoms with Crippen molar-refractivity contribution in [3.8, 4) is 11.5 Å². The average Bonchev–Trinajstić information content (AvgIpc) is 3.34. The number of carbonyl (C=O) groups is 1. The highest BCUT2D eigenvalue weighted by molar-refractivity contribution is 7.92. The van der Waals surface area contributed by atoms with E-state index in [-0.39, 0.29) is 27.1 Å². The number of halogens is 2. The molecule has 3 aromatic carbocycles. The summed E-state index contributed by atoms with van der Waals surface area (Å²) in [5, 5.41) is 10.2. The molecule has 0 bridgehead atoms. The van der Waals surface area contributed by atoms with E-state index in [1.165, 1.54) is 43.8 Å². The molecule has 11 heteroatoms. The van der Waals surface area contributed by atoms with E-state index in [1.54, 1.807) is 24.3 Å². The summed E-state index contributed by atoms with van der Waals surface area (Å²) in [7, 11) is -2.71. The van der Waals surface area contributed by atoms with Crippen molar-refractivity contribution in [1.82, 2.24) is 10.2 Å². The Hall–Kier alpha value is -3.76. The number of benzene rings is 3. The molecule has 0 radical (unpaired) electrons. The van der Waals surface area contributed by atoms with E-state index in [2.05, 4.69) is 15.5 Å². The van der Waals surface area contributed by atoms with Gasteiger partial charge < -0.3 is 9.73 Å². The molecule has 4 rings (SSSR count). The number of rotatable bonds is 6. The van der Waals surface area contributed by atoms with Crippen LogP contribution in [0.2, 0.25) is 5.02 Å². The second-order valence-corrected chi connectivity index (χ2v) is 9.25. The van der Waals surface area contributed by atoms with Crippen molar-refractivity contribution in [2.24, 2.45) is 0 Å². The molecule has 0 unspecified atom stereocenters. The molecule has 1 aromatic heterocycles. The van der Waals surface area contributed by atoms with E-state index >= 15 is 0 Å². The lowest BCUT2D eigenvalue weighted by atomic mass is 10.1. The lowest BCUT2D eigenvalue weighted by molar-refractivity contribution is 0.102. The van der Waals surface area contributed by atoms with Gasteiger partial charge >= 0.3 is 0 Å². The number of amides is 1. The van der Waals surface area contributed by atoms with Gasteiger partial charge in [-0.05, 0) is 60.7 Å². The van der Waals surface area contributed by atoms with Crippen LogP contribution in [0.3, 0.4) is 0 Å². The molecule has 1 amide bonds. The van der Waals surface area contributed by atoms with Crippen LogP contribution in [-0.2, 0) is 10.0 Å². The van der Waals surface area contributed by atoms with Crippen molar-refractivity contribution < 1.29 is 22.0 Å². The third-order valence-corrected chi connectivity index (χ3v) is 6.87. The maximum atomic E-state index is 13.2. The van der Waals surface area contributed by atoms with Gasteiger partial charge in [-0.1, -0.05) is 17.7 Å². The SMILES string of the molecule is CN(c1ccc(F)cc1)S(=O)(=O)c1ccc(Cl)c(C(=O)Nc2cccc(-c3nnco3)c2)c1. The first-order chi connectivity index (χ1) is 15.8. The summed E-state index contributed by atoms with van der Waals surface area (Å²) < 4.78 is 45.5. The second-order valence-electron chi connectivity index (χ2n) is 6.87. The van der Waals surface area contributed by atoms with E-state index in [1.807, 2.05) is 0 Å². The van der Waals surface area contributed by atoms with Crippen molar-refractivity contribution in [3.05, 3.63) is 89.5 Å². The van der Waals surface area contributed by atoms with Gasteiger partial charge in [0.1, 0.15) is 5.82 Å². The molecule has 8 nitrogen and oxygen atoms in total. The molecular weight excluding hydrogens is 471 g/mol. The molecule has 0 saturated carbocycles. The fourth-order valence-corrected chi connectivity index (χ4v) is 4.44. The van der Waals surface area contributed by atoms with Crippen molar-refractivity contribution in [1.29, 1.82) is 0 Å². The molecule has 0 aliphatic heterocycles. The highest BCUT2D eigenvalue weighted by Gasteiger charge is 2.24. The zero-order valence-corrected chi connectivity index (χ0v) is 18.6. The first-order valence-electron chi connectivity index (χ1n) is 9.48. The number of anilines is 2. The Labute approximate surface area is 193 Å². The number of hydrogen-bond acceptors (Lipinski definition) is 6. The highest BCUT2D eigenvalue weighted by atomic mass is 35.5. The van der Waals surface area contributed by atoms with Crippen molar-refractivity contribution >= 4 is 38.9 Å². The van der Waals surface area contributed by atoms with Crippen LogP contribution in [-0.4, -0.2) is 31.6 Å². The second kappa shape index (κ2) is 9.00. The van der Waals surface area contributed by atoms with Crippen LogP contribution in [0.1, 0.15) is 10.4 Å². The first kappa shape index (κ1) is 22.4. The Morgan fingerprint density at radius 1 is 1.09 bits per heavy atom. The van der Waals surface area contributed by atoms with Gasteiger partial charge in [0.05, 0.1) is 21.2 Å². The van der Waals surface area contributed by atoms with E-state index < -0.39 is 21.7 Å². The molecule has 0 aliphatic rings. The molecule has 1 heterocycles. The van der Waals surface area contributed by atoms with Crippen LogP contribution >= 0.6 is 11.6 Å². The number of carbonyl (C=O) groups excluding carboxylic acids is 1. The lowest BCUT2D eigenvalue weighted by Gasteiger charge is -2.20. The monoisotopic (exact) mass is 486 g/mol. The van der Waals surface area contributed by atoms with Crippen LogP contribution in [0.25, 0.3) is 11.5 Å². The van der Waals surface area contributed by atoms with E-state index in [0.717, 1.165) is 16.4 Å². The summed E-state index contributed by atoms with van der Waals surface area (Å²) in [5.74, 6) is -0.816. The summed E-state index contributed by atoms with van der Waals surface area (Å²) in [6.07, 6.45) is 1.19. The van der Waals surface area contributed by atoms with Crippen molar-refractivity contribution in [2.45, 2.75) is 4.90 Å². The Balaban J connectivity index is 1.61. The number of sulfonamides is 1. The quantitative estimate of drug-likeness (QED) is 0.427. The minimum absolute atomic E-state index is 0.0339. The minimum Gasteiger partial charge on any atom is -0.423 e. The van der Waals surface area contributed by atoms with Gasteiger partial charge in [-0.25, -0.2) is 12.8 Å². The van der Waals surface area contributed by atoms with Gasteiger partial charge in [0.25, 0.3) is 15.9 Å². The molecule has 33 heavy (non-hydrogen) atoms. The number of aromatic nitrogens is 2. The summed E-state index contributed by atoms with van der Waals surface area (Å²) in [5.41, 5.74) is 1.24. The molecule has 1 N–H and O–H groups in total. The van der Waals surface area contributed by atoms with Crippen LogP contribution in [0, 0.1) is 5.82 Å². The predicted molar refractivity (Wildman–Crippen MR) is 121 cm³/mol. The molecular formula is C22H16ClFN4O4S. The van der Waals surface area contributed by atoms with Crippen molar-refractivity contribution in [2.75, 3.05) is 16.7 Å². The smallest absolute Gasteiger partial charge is 0.264 e. The molecule has 4 aromatic rings. The molecule has 168 valence electrons. The third-order valence-electron chi connectivity index (χ3n) is 4.76. The van der Waals surface area contributed by atoms with Gasteiger partial charge in [-0.2, -0.15) is 0 Å². The standard InChI is InChI=1S/C22H16ClFN4O4S/c1-28(17-7-5-15(24)6-8-17)33(30,31)18-9-10-20(23)19(12-18)21(29)26-16-4-2-3-14(11-16)22-27-25-13-32-22/h2-13H,1H3,(H,26,29). The average molecular weight is 487 g/mol. The lowest BCUT2D eigenvalue weighted by Crippen LogP contribution is -2.27. The zero-order chi connectivity index (χ0) is 23.6. The fraction of sp³-hybridized carbons (Fsp3) is 0.0455. The summed E-state index contributed by atoms with van der Waals surface area (Å²) in [4.78, 5) is 12.7. The maximum absolute atomic E-state index is 13.2. The molecule has 0 aliphatic carbocycles. The van der Waals surface area contributed by atoms with Crippen LogP contribution in [0.4, 0.5) is 15.8 Å². The largest absolute Gasteiger partial charge is 0.423 e. The molecule has 0 saturated heterocycles. The molecule has 0 spiro atoms. The topological polar surface area (TPSA) is 105 Å². The van der Waals surface area contributed by atoms with Gasteiger partial charge in [-0.15, -0.1) is 10.2 Å². The number of nitrogens with one attached hydrogen (secondary N) is 1. The summed E-state index contributed by atoms with van der Waals surface area (Å²) in [6.45, 7) is 0. The molecule has 0 fully saturated rings. The van der Waals surface area contributed by atoms with Crippen LogP contribution in [0.15, 0.2) is 82.4 Å². The molecule has 0 atom stereocenters. The summed E-state index contributed by atoms with van der Waals surface area (Å²) >= 11 is 6.19. The van der Waals surface area contributed by atoms with Gasteiger partial charge in [-0.3, -0.25) is 9.10 Å². The van der Waals surface area contributed by atoms with Crippen molar-refractivity contribution in [3.63, 3.8) is 0 Å². The minimum atomic E-state index is -4.04. The Morgan fingerprint density at radius 3 is 2.55 bits per heavy atom. The summed E-state index contributed by atoms with van der Waals surface area (Å²) in [6, 6.07) is 15.5. The maximum Gasteiger partial charge on any atom is 0.264 e.